The van der Waals surface area contributed by atoms with E-state index < -0.39 is 10.0 Å². The molecule has 5 nitrogen and oxygen atoms in total. The van der Waals surface area contributed by atoms with Crippen LogP contribution >= 0.6 is 11.6 Å². The lowest BCUT2D eigenvalue weighted by atomic mass is 10.2. The summed E-state index contributed by atoms with van der Waals surface area (Å²) in [6, 6.07) is 10.7. The second-order valence-electron chi connectivity index (χ2n) is 5.83. The Morgan fingerprint density at radius 3 is 2.72 bits per heavy atom. The Bertz CT molecular complexity index is 985. The molecule has 7 heteroatoms. The quantitative estimate of drug-likeness (QED) is 0.682. The van der Waals surface area contributed by atoms with Crippen molar-refractivity contribution in [3.63, 3.8) is 0 Å². The van der Waals surface area contributed by atoms with Crippen molar-refractivity contribution >= 4 is 27.3 Å². The zero-order valence-electron chi connectivity index (χ0n) is 13.9. The molecule has 2 heterocycles. The van der Waals surface area contributed by atoms with Crippen LogP contribution in [0.4, 0.5) is 5.69 Å². The van der Waals surface area contributed by atoms with Gasteiger partial charge in [0.25, 0.3) is 10.0 Å². The van der Waals surface area contributed by atoms with Gasteiger partial charge in [-0.1, -0.05) is 11.6 Å². The van der Waals surface area contributed by atoms with Gasteiger partial charge >= 0.3 is 0 Å². The van der Waals surface area contributed by atoms with Crippen LogP contribution in [0.25, 0.3) is 0 Å². The Labute approximate surface area is 152 Å². The molecule has 0 aliphatic rings. The van der Waals surface area contributed by atoms with Gasteiger partial charge in [-0.05, 0) is 54.4 Å². The van der Waals surface area contributed by atoms with Crippen molar-refractivity contribution in [3.8, 4) is 0 Å². The fourth-order valence-electron chi connectivity index (χ4n) is 2.69. The molecule has 130 valence electrons. The standard InChI is InChI=1S/C18H18ClN3O2S/c1-14-10-16(19)5-6-18(14)21(2)12-15-7-9-22(13-15)25(23,24)17-4-3-8-20-11-17/h3-11,13H,12H2,1-2H3. The maximum atomic E-state index is 12.6. The van der Waals surface area contributed by atoms with E-state index in [1.807, 2.05) is 32.2 Å². The first-order valence-electron chi connectivity index (χ1n) is 7.68. The van der Waals surface area contributed by atoms with E-state index in [1.54, 1.807) is 30.7 Å². The molecule has 0 saturated carbocycles. The second-order valence-corrected chi connectivity index (χ2v) is 8.11. The van der Waals surface area contributed by atoms with E-state index in [1.165, 1.54) is 16.2 Å². The highest BCUT2D eigenvalue weighted by Gasteiger charge is 2.17. The molecule has 0 aliphatic heterocycles. The number of benzene rings is 1. The van der Waals surface area contributed by atoms with Gasteiger partial charge in [0.05, 0.1) is 0 Å². The average molecular weight is 376 g/mol. The van der Waals surface area contributed by atoms with Crippen LogP contribution in [0.1, 0.15) is 11.1 Å². The Morgan fingerprint density at radius 2 is 2.04 bits per heavy atom. The lowest BCUT2D eigenvalue weighted by molar-refractivity contribution is 0.587. The number of halogens is 1. The van der Waals surface area contributed by atoms with Crippen LogP contribution in [0.3, 0.4) is 0 Å². The number of hydrogen-bond acceptors (Lipinski definition) is 4. The highest BCUT2D eigenvalue weighted by molar-refractivity contribution is 7.90. The molecule has 0 amide bonds. The summed E-state index contributed by atoms with van der Waals surface area (Å²) in [7, 11) is -1.65. The van der Waals surface area contributed by atoms with Crippen LogP contribution in [-0.2, 0) is 16.6 Å². The molecule has 0 spiro atoms. The molecule has 0 bridgehead atoms. The molecular formula is C18H18ClN3O2S. The van der Waals surface area contributed by atoms with E-state index in [-0.39, 0.29) is 4.90 Å². The molecule has 0 saturated heterocycles. The van der Waals surface area contributed by atoms with Crippen molar-refractivity contribution in [1.82, 2.24) is 8.96 Å². The van der Waals surface area contributed by atoms with Crippen molar-refractivity contribution in [2.75, 3.05) is 11.9 Å². The van der Waals surface area contributed by atoms with Gasteiger partial charge in [-0.3, -0.25) is 4.98 Å². The van der Waals surface area contributed by atoms with Crippen molar-refractivity contribution in [2.45, 2.75) is 18.4 Å². The van der Waals surface area contributed by atoms with E-state index >= 15 is 0 Å². The maximum Gasteiger partial charge on any atom is 0.269 e. The predicted molar refractivity (Wildman–Crippen MR) is 99.5 cm³/mol. The zero-order valence-corrected chi connectivity index (χ0v) is 15.5. The van der Waals surface area contributed by atoms with Crippen LogP contribution in [-0.4, -0.2) is 24.4 Å². The Balaban J connectivity index is 1.82. The van der Waals surface area contributed by atoms with Gasteiger partial charge in [0.1, 0.15) is 4.90 Å². The number of hydrogen-bond donors (Lipinski definition) is 0. The normalized spacial score (nSPS) is 11.5. The molecule has 1 aromatic carbocycles. The first-order valence-corrected chi connectivity index (χ1v) is 9.49. The molecule has 0 aliphatic carbocycles. The summed E-state index contributed by atoms with van der Waals surface area (Å²) in [5, 5.41) is 0.698. The minimum absolute atomic E-state index is 0.166. The Hall–Kier alpha value is -2.31. The van der Waals surface area contributed by atoms with Crippen molar-refractivity contribution in [2.24, 2.45) is 0 Å². The summed E-state index contributed by atoms with van der Waals surface area (Å²) < 4.78 is 26.4. The average Bonchev–Trinajstić information content (AvgIpc) is 3.05. The van der Waals surface area contributed by atoms with Crippen molar-refractivity contribution in [1.29, 1.82) is 0 Å². The van der Waals surface area contributed by atoms with Gasteiger partial charge in [0.15, 0.2) is 0 Å². The van der Waals surface area contributed by atoms with Gasteiger partial charge in [0, 0.05) is 49.1 Å². The van der Waals surface area contributed by atoms with Crippen LogP contribution in [0.15, 0.2) is 66.1 Å². The summed E-state index contributed by atoms with van der Waals surface area (Å²) in [5.74, 6) is 0. The molecule has 3 rings (SSSR count). The van der Waals surface area contributed by atoms with Crippen LogP contribution in [0, 0.1) is 6.92 Å². The smallest absolute Gasteiger partial charge is 0.269 e. The minimum Gasteiger partial charge on any atom is -0.370 e. The summed E-state index contributed by atoms with van der Waals surface area (Å²) in [6.07, 6.45) is 6.08. The highest BCUT2D eigenvalue weighted by atomic mass is 35.5. The number of anilines is 1. The number of rotatable bonds is 5. The molecular weight excluding hydrogens is 358 g/mol. The molecule has 2 aromatic heterocycles. The first kappa shape index (κ1) is 17.5. The number of pyridine rings is 1. The Kier molecular flexibility index (Phi) is 4.83. The molecule has 0 atom stereocenters. The maximum absolute atomic E-state index is 12.6. The van der Waals surface area contributed by atoms with E-state index in [0.717, 1.165) is 16.8 Å². The van der Waals surface area contributed by atoms with Gasteiger partial charge in [-0.15, -0.1) is 0 Å². The molecule has 0 unspecified atom stereocenters. The molecule has 25 heavy (non-hydrogen) atoms. The van der Waals surface area contributed by atoms with Gasteiger partial charge in [0.2, 0.25) is 0 Å². The SMILES string of the molecule is Cc1cc(Cl)ccc1N(C)Cc1ccn(S(=O)(=O)c2cccnc2)c1. The fourth-order valence-corrected chi connectivity index (χ4v) is 4.10. The largest absolute Gasteiger partial charge is 0.370 e. The predicted octanol–water partition coefficient (Wildman–Crippen LogP) is 3.72. The van der Waals surface area contributed by atoms with Gasteiger partial charge in [-0.25, -0.2) is 12.4 Å². The lowest BCUT2D eigenvalue weighted by Crippen LogP contribution is -2.17. The summed E-state index contributed by atoms with van der Waals surface area (Å²) in [4.78, 5) is 6.10. The van der Waals surface area contributed by atoms with Crippen LogP contribution in [0.5, 0.6) is 0 Å². The summed E-state index contributed by atoms with van der Waals surface area (Å²) in [5.41, 5.74) is 3.01. The van der Waals surface area contributed by atoms with Gasteiger partial charge in [-0.2, -0.15) is 0 Å². The zero-order chi connectivity index (χ0) is 18.0. The monoisotopic (exact) mass is 375 g/mol. The third-order valence-corrected chi connectivity index (χ3v) is 5.78. The Morgan fingerprint density at radius 1 is 1.24 bits per heavy atom. The topological polar surface area (TPSA) is 55.2 Å². The minimum atomic E-state index is -3.61. The van der Waals surface area contributed by atoms with Crippen LogP contribution in [0.2, 0.25) is 5.02 Å². The number of aryl methyl sites for hydroxylation is 1. The molecule has 0 fully saturated rings. The number of aromatic nitrogens is 2. The third kappa shape index (κ3) is 3.70. The molecule has 0 radical (unpaired) electrons. The number of nitrogens with zero attached hydrogens (tertiary/aromatic N) is 3. The first-order chi connectivity index (χ1) is 11.9. The molecule has 0 N–H and O–H groups in total. The fraction of sp³-hybridized carbons (Fsp3) is 0.167. The molecule has 3 aromatic rings. The second kappa shape index (κ2) is 6.90. The van der Waals surface area contributed by atoms with E-state index in [4.69, 9.17) is 11.6 Å². The van der Waals surface area contributed by atoms with Gasteiger partial charge < -0.3 is 4.90 Å². The van der Waals surface area contributed by atoms with Crippen molar-refractivity contribution < 1.29 is 8.42 Å². The summed E-state index contributed by atoms with van der Waals surface area (Å²) >= 11 is 6.00. The summed E-state index contributed by atoms with van der Waals surface area (Å²) in [6.45, 7) is 2.58. The van der Waals surface area contributed by atoms with Crippen molar-refractivity contribution in [3.05, 3.63) is 77.3 Å². The third-order valence-electron chi connectivity index (χ3n) is 3.93. The van der Waals surface area contributed by atoms with E-state index in [2.05, 4.69) is 9.88 Å². The van der Waals surface area contributed by atoms with E-state index in [0.29, 0.717) is 11.6 Å². The highest BCUT2D eigenvalue weighted by Crippen LogP contribution is 2.24. The van der Waals surface area contributed by atoms with E-state index in [9.17, 15) is 8.42 Å². The van der Waals surface area contributed by atoms with Crippen LogP contribution < -0.4 is 4.90 Å². The lowest BCUT2D eigenvalue weighted by Gasteiger charge is -2.21.